The van der Waals surface area contributed by atoms with Crippen LogP contribution in [0.4, 0.5) is 34.1 Å². The second-order valence-electron chi connectivity index (χ2n) is 17.5. The van der Waals surface area contributed by atoms with Gasteiger partial charge < -0.3 is 18.9 Å². The van der Waals surface area contributed by atoms with E-state index in [4.69, 9.17) is 0 Å². The van der Waals surface area contributed by atoms with E-state index in [0.29, 0.717) is 0 Å². The van der Waals surface area contributed by atoms with Crippen LogP contribution in [0.15, 0.2) is 231 Å². The lowest BCUT2D eigenvalue weighted by molar-refractivity contribution is 1.13. The monoisotopic (exact) mass is 850 g/mol. The number of rotatable bonds is 10. The number of aryl methyl sites for hydroxylation is 4. The van der Waals surface area contributed by atoms with Gasteiger partial charge in [-0.25, -0.2) is 0 Å². The Morgan fingerprint density at radius 2 is 0.621 bits per heavy atom. The molecule has 11 aromatic rings. The van der Waals surface area contributed by atoms with Gasteiger partial charge in [0.1, 0.15) is 0 Å². The normalized spacial score (nSPS) is 11.3. The molecule has 4 heteroatoms. The molecule has 2 aromatic heterocycles. The molecule has 4 nitrogen and oxygen atoms in total. The topological polar surface area (TPSA) is 16.3 Å². The van der Waals surface area contributed by atoms with Gasteiger partial charge in [0.25, 0.3) is 0 Å². The average molecular weight is 851 g/mol. The molecule has 0 radical (unpaired) electrons. The molecule has 11 rings (SSSR count). The number of fused-ring (bicyclic) bond motifs is 2. The molecule has 0 aliphatic carbocycles. The molecular formula is C62H50N4. The highest BCUT2D eigenvalue weighted by atomic mass is 15.1. The smallest absolute Gasteiger partial charge is 0.0542 e. The summed E-state index contributed by atoms with van der Waals surface area (Å²) in [6, 6.07) is 84.1. The van der Waals surface area contributed by atoms with Crippen LogP contribution >= 0.6 is 0 Å². The van der Waals surface area contributed by atoms with E-state index in [1.54, 1.807) is 0 Å². The minimum Gasteiger partial charge on any atom is -0.310 e. The molecule has 66 heavy (non-hydrogen) atoms. The molecule has 9 aromatic carbocycles. The number of aromatic nitrogens is 2. The maximum atomic E-state index is 2.43. The van der Waals surface area contributed by atoms with Gasteiger partial charge in [0, 0.05) is 56.3 Å². The Kier molecular flexibility index (Phi) is 10.4. The summed E-state index contributed by atoms with van der Waals surface area (Å²) in [4.78, 5) is 4.66. The first-order chi connectivity index (χ1) is 32.3. The van der Waals surface area contributed by atoms with Crippen molar-refractivity contribution in [2.45, 2.75) is 27.7 Å². The predicted octanol–water partition coefficient (Wildman–Crippen LogP) is 17.1. The lowest BCUT2D eigenvalue weighted by Gasteiger charge is -2.26. The van der Waals surface area contributed by atoms with Crippen molar-refractivity contribution >= 4 is 55.9 Å². The molecular weight excluding hydrogens is 801 g/mol. The van der Waals surface area contributed by atoms with Crippen molar-refractivity contribution in [3.63, 3.8) is 0 Å². The standard InChI is InChI=1S/C62H50N4/c1-43-21-25-47(26-22-43)59-39-49-41-62-50(42-61(49)65(59)55-33-29-53(30-34-55)63(51-15-7-5-8-16-51)57-19-11-13-45(3)37-57)40-60(48-27-23-44(2)24-28-48)66(62)56-35-31-54(32-36-56)64(52-17-9-6-10-18-52)58-20-12-14-46(4)38-58/h5-42H,1-4H3. The van der Waals surface area contributed by atoms with Crippen LogP contribution in [0, 0.1) is 27.7 Å². The lowest BCUT2D eigenvalue weighted by Crippen LogP contribution is -2.10. The van der Waals surface area contributed by atoms with Crippen LogP contribution in [0.5, 0.6) is 0 Å². The van der Waals surface area contributed by atoms with E-state index in [-0.39, 0.29) is 0 Å². The summed E-state index contributed by atoms with van der Waals surface area (Å²) in [7, 11) is 0. The molecule has 0 spiro atoms. The van der Waals surface area contributed by atoms with Crippen molar-refractivity contribution in [1.82, 2.24) is 9.13 Å². The minimum atomic E-state index is 1.10. The maximum absolute atomic E-state index is 2.43. The molecule has 0 aliphatic heterocycles. The van der Waals surface area contributed by atoms with Crippen molar-refractivity contribution in [2.75, 3.05) is 9.80 Å². The molecule has 0 bridgehead atoms. The van der Waals surface area contributed by atoms with Gasteiger partial charge >= 0.3 is 0 Å². The summed E-state index contributed by atoms with van der Waals surface area (Å²) in [5.41, 5.74) is 20.8. The first kappa shape index (κ1) is 40.4. The van der Waals surface area contributed by atoms with E-state index in [1.165, 1.54) is 44.2 Å². The zero-order valence-electron chi connectivity index (χ0n) is 37.7. The summed E-state index contributed by atoms with van der Waals surface area (Å²) in [6.07, 6.45) is 0. The highest BCUT2D eigenvalue weighted by Crippen LogP contribution is 2.41. The van der Waals surface area contributed by atoms with Crippen molar-refractivity contribution in [3.8, 4) is 33.9 Å². The highest BCUT2D eigenvalue weighted by molar-refractivity contribution is 6.02. The Labute approximate surface area is 387 Å². The highest BCUT2D eigenvalue weighted by Gasteiger charge is 2.21. The molecule has 0 saturated carbocycles. The molecule has 0 fully saturated rings. The Bertz CT molecular complexity index is 3240. The molecule has 0 amide bonds. The second-order valence-corrected chi connectivity index (χ2v) is 17.5. The van der Waals surface area contributed by atoms with Crippen LogP contribution in [0.2, 0.25) is 0 Å². The van der Waals surface area contributed by atoms with Crippen LogP contribution in [-0.4, -0.2) is 9.13 Å². The number of para-hydroxylation sites is 2. The Morgan fingerprint density at radius 1 is 0.273 bits per heavy atom. The largest absolute Gasteiger partial charge is 0.310 e. The summed E-state index contributed by atoms with van der Waals surface area (Å²) in [6.45, 7) is 8.60. The third kappa shape index (κ3) is 7.63. The summed E-state index contributed by atoms with van der Waals surface area (Å²) in [5.74, 6) is 0. The van der Waals surface area contributed by atoms with Gasteiger partial charge in [0.05, 0.1) is 22.4 Å². The van der Waals surface area contributed by atoms with E-state index < -0.39 is 0 Å². The molecule has 318 valence electrons. The first-order valence-electron chi connectivity index (χ1n) is 22.7. The average Bonchev–Trinajstić information content (AvgIpc) is 3.91. The molecule has 0 unspecified atom stereocenters. The van der Waals surface area contributed by atoms with Gasteiger partial charge in [-0.15, -0.1) is 0 Å². The number of anilines is 6. The van der Waals surface area contributed by atoms with Crippen LogP contribution in [0.25, 0.3) is 55.7 Å². The number of hydrogen-bond acceptors (Lipinski definition) is 2. The molecule has 0 saturated heterocycles. The second kappa shape index (κ2) is 17.0. The number of benzene rings is 9. The van der Waals surface area contributed by atoms with Gasteiger partial charge in [-0.1, -0.05) is 120 Å². The molecule has 0 aliphatic rings. The summed E-state index contributed by atoms with van der Waals surface area (Å²) < 4.78 is 4.87. The summed E-state index contributed by atoms with van der Waals surface area (Å²) in [5, 5.41) is 2.35. The zero-order valence-corrected chi connectivity index (χ0v) is 37.7. The van der Waals surface area contributed by atoms with Gasteiger partial charge in [-0.05, 0) is 171 Å². The maximum Gasteiger partial charge on any atom is 0.0542 e. The Hall–Kier alpha value is -8.34. The fourth-order valence-corrected chi connectivity index (χ4v) is 9.42. The number of hydrogen-bond donors (Lipinski definition) is 0. The van der Waals surface area contributed by atoms with Crippen molar-refractivity contribution in [1.29, 1.82) is 0 Å². The van der Waals surface area contributed by atoms with Crippen molar-refractivity contribution in [2.24, 2.45) is 0 Å². The lowest BCUT2D eigenvalue weighted by atomic mass is 10.1. The van der Waals surface area contributed by atoms with Crippen LogP contribution in [-0.2, 0) is 0 Å². The SMILES string of the molecule is Cc1ccc(-c2cc3cc4c(cc(-c5ccc(C)cc5)n4-c4ccc(N(c5ccccc5)c5cccc(C)c5)cc4)cc3n2-c2ccc(N(c3ccccc3)c3cccc(C)c3)cc2)cc1. The molecule has 0 N–H and O–H groups in total. The third-order valence-electron chi connectivity index (χ3n) is 12.7. The first-order valence-corrected chi connectivity index (χ1v) is 22.7. The Balaban J connectivity index is 1.07. The van der Waals surface area contributed by atoms with E-state index in [9.17, 15) is 0 Å². The van der Waals surface area contributed by atoms with E-state index in [0.717, 1.165) is 67.9 Å². The molecule has 0 atom stereocenters. The van der Waals surface area contributed by atoms with Gasteiger partial charge in [0.15, 0.2) is 0 Å². The predicted molar refractivity (Wildman–Crippen MR) is 279 cm³/mol. The van der Waals surface area contributed by atoms with Crippen molar-refractivity contribution < 1.29 is 0 Å². The van der Waals surface area contributed by atoms with E-state index in [2.05, 4.69) is 277 Å². The van der Waals surface area contributed by atoms with Gasteiger partial charge in [-0.2, -0.15) is 0 Å². The zero-order chi connectivity index (χ0) is 44.7. The van der Waals surface area contributed by atoms with E-state index in [1.807, 2.05) is 0 Å². The van der Waals surface area contributed by atoms with E-state index >= 15 is 0 Å². The fourth-order valence-electron chi connectivity index (χ4n) is 9.42. The van der Waals surface area contributed by atoms with Gasteiger partial charge in [0.2, 0.25) is 0 Å². The Morgan fingerprint density at radius 3 is 0.985 bits per heavy atom. The summed E-state index contributed by atoms with van der Waals surface area (Å²) >= 11 is 0. The van der Waals surface area contributed by atoms with Crippen LogP contribution in [0.3, 0.4) is 0 Å². The van der Waals surface area contributed by atoms with Crippen LogP contribution in [0.1, 0.15) is 22.3 Å². The third-order valence-corrected chi connectivity index (χ3v) is 12.7. The molecule has 2 heterocycles. The number of nitrogens with zero attached hydrogens (tertiary/aromatic N) is 4. The minimum absolute atomic E-state index is 1.10. The van der Waals surface area contributed by atoms with Gasteiger partial charge in [-0.3, -0.25) is 0 Å². The van der Waals surface area contributed by atoms with Crippen molar-refractivity contribution in [3.05, 3.63) is 253 Å². The quantitative estimate of drug-likeness (QED) is 0.136. The van der Waals surface area contributed by atoms with Crippen LogP contribution < -0.4 is 9.80 Å². The fraction of sp³-hybridized carbons (Fsp3) is 0.0645.